The average Bonchev–Trinajstić information content (AvgIpc) is 2.43. The molecule has 3 N–H and O–H groups in total. The summed E-state index contributed by atoms with van der Waals surface area (Å²) in [6.45, 7) is 7.48. The summed E-state index contributed by atoms with van der Waals surface area (Å²) in [5.74, 6) is 4.84. The molecule has 0 spiro atoms. The molecule has 1 amide bonds. The van der Waals surface area contributed by atoms with Gasteiger partial charge >= 0.3 is 0 Å². The van der Waals surface area contributed by atoms with E-state index in [9.17, 15) is 4.79 Å². The Kier molecular flexibility index (Phi) is 6.39. The van der Waals surface area contributed by atoms with E-state index in [0.29, 0.717) is 5.56 Å². The first-order chi connectivity index (χ1) is 8.71. The first kappa shape index (κ1) is 14.7. The van der Waals surface area contributed by atoms with Gasteiger partial charge in [0.1, 0.15) is 0 Å². The molecule has 0 unspecified atom stereocenters. The number of carbonyl (C=O) groups excluding carboxylic acids is 1. The summed E-state index contributed by atoms with van der Waals surface area (Å²) in [7, 11) is 0. The van der Waals surface area contributed by atoms with E-state index in [1.807, 2.05) is 24.3 Å². The van der Waals surface area contributed by atoms with Gasteiger partial charge in [0.2, 0.25) is 0 Å². The lowest BCUT2D eigenvalue weighted by Crippen LogP contribution is -2.30. The van der Waals surface area contributed by atoms with Crippen molar-refractivity contribution in [3.8, 4) is 0 Å². The molecular formula is C14H23N3O. The lowest BCUT2D eigenvalue weighted by atomic mass is 10.1. The molecule has 0 atom stereocenters. The van der Waals surface area contributed by atoms with Gasteiger partial charge in [-0.25, -0.2) is 5.84 Å². The summed E-state index contributed by atoms with van der Waals surface area (Å²) >= 11 is 0. The normalized spacial score (nSPS) is 10.7. The van der Waals surface area contributed by atoms with Crippen molar-refractivity contribution in [1.29, 1.82) is 0 Å². The van der Waals surface area contributed by atoms with Crippen LogP contribution in [0.3, 0.4) is 0 Å². The molecule has 0 fully saturated rings. The molecule has 0 aliphatic carbocycles. The third-order valence-electron chi connectivity index (χ3n) is 3.03. The summed E-state index contributed by atoms with van der Waals surface area (Å²) in [5, 5.41) is 0. The quantitative estimate of drug-likeness (QED) is 0.441. The second kappa shape index (κ2) is 7.84. The van der Waals surface area contributed by atoms with E-state index in [2.05, 4.69) is 24.2 Å². The number of rotatable bonds is 7. The van der Waals surface area contributed by atoms with Crippen LogP contribution in [0.4, 0.5) is 0 Å². The minimum absolute atomic E-state index is 0.250. The van der Waals surface area contributed by atoms with Crippen LogP contribution in [0, 0.1) is 0 Å². The highest BCUT2D eigenvalue weighted by atomic mass is 16.2. The number of unbranched alkanes of at least 4 members (excludes halogenated alkanes) is 1. The largest absolute Gasteiger partial charge is 0.299 e. The van der Waals surface area contributed by atoms with Gasteiger partial charge in [-0.2, -0.15) is 0 Å². The van der Waals surface area contributed by atoms with Crippen molar-refractivity contribution in [2.45, 2.75) is 33.2 Å². The van der Waals surface area contributed by atoms with Crippen LogP contribution in [0.15, 0.2) is 24.3 Å². The Bertz CT molecular complexity index is 362. The monoisotopic (exact) mass is 249 g/mol. The van der Waals surface area contributed by atoms with Crippen molar-refractivity contribution in [3.05, 3.63) is 35.4 Å². The molecule has 0 radical (unpaired) electrons. The van der Waals surface area contributed by atoms with E-state index in [-0.39, 0.29) is 5.91 Å². The zero-order valence-electron chi connectivity index (χ0n) is 11.3. The fourth-order valence-electron chi connectivity index (χ4n) is 1.83. The van der Waals surface area contributed by atoms with Crippen molar-refractivity contribution >= 4 is 5.91 Å². The van der Waals surface area contributed by atoms with E-state index >= 15 is 0 Å². The molecule has 100 valence electrons. The van der Waals surface area contributed by atoms with Crippen molar-refractivity contribution < 1.29 is 4.79 Å². The molecular weight excluding hydrogens is 226 g/mol. The first-order valence-corrected chi connectivity index (χ1v) is 6.53. The van der Waals surface area contributed by atoms with Gasteiger partial charge in [-0.3, -0.25) is 15.1 Å². The van der Waals surface area contributed by atoms with Crippen LogP contribution in [-0.2, 0) is 6.54 Å². The van der Waals surface area contributed by atoms with Crippen LogP contribution in [0.5, 0.6) is 0 Å². The van der Waals surface area contributed by atoms with Crippen LogP contribution in [0.2, 0.25) is 0 Å². The number of carbonyl (C=O) groups is 1. The minimum atomic E-state index is -0.250. The topological polar surface area (TPSA) is 58.4 Å². The lowest BCUT2D eigenvalue weighted by molar-refractivity contribution is 0.0953. The summed E-state index contributed by atoms with van der Waals surface area (Å²) in [6, 6.07) is 7.59. The molecule has 18 heavy (non-hydrogen) atoms. The maximum absolute atomic E-state index is 11.3. The summed E-state index contributed by atoms with van der Waals surface area (Å²) in [5.41, 5.74) is 3.95. The Balaban J connectivity index is 2.59. The van der Waals surface area contributed by atoms with Gasteiger partial charge in [0.15, 0.2) is 0 Å². The molecule has 4 heteroatoms. The number of hydrogen-bond donors (Lipinski definition) is 2. The van der Waals surface area contributed by atoms with Crippen LogP contribution in [0.1, 0.15) is 42.6 Å². The fourth-order valence-corrected chi connectivity index (χ4v) is 1.83. The molecule has 0 bridgehead atoms. The molecule has 0 saturated carbocycles. The van der Waals surface area contributed by atoms with Gasteiger partial charge in [-0.1, -0.05) is 32.4 Å². The van der Waals surface area contributed by atoms with Crippen LogP contribution in [-0.4, -0.2) is 23.9 Å². The number of nitrogens with one attached hydrogen (secondary N) is 1. The van der Waals surface area contributed by atoms with Crippen molar-refractivity contribution in [3.63, 3.8) is 0 Å². The zero-order valence-corrected chi connectivity index (χ0v) is 11.3. The second-order valence-electron chi connectivity index (χ2n) is 4.39. The first-order valence-electron chi connectivity index (χ1n) is 6.53. The van der Waals surface area contributed by atoms with Gasteiger partial charge in [0.25, 0.3) is 5.91 Å². The Morgan fingerprint density at radius 1 is 1.28 bits per heavy atom. The molecule has 0 aromatic heterocycles. The standard InChI is InChI=1S/C14H23N3O/c1-3-5-10-17(4-2)11-12-6-8-13(9-7-12)14(18)16-15/h6-9H,3-5,10-11,15H2,1-2H3,(H,16,18). The molecule has 0 aliphatic heterocycles. The number of hydrogen-bond acceptors (Lipinski definition) is 3. The van der Waals surface area contributed by atoms with E-state index in [1.165, 1.54) is 18.4 Å². The molecule has 1 rings (SSSR count). The highest BCUT2D eigenvalue weighted by molar-refractivity contribution is 5.93. The SMILES string of the molecule is CCCCN(CC)Cc1ccc(C(=O)NN)cc1. The maximum Gasteiger partial charge on any atom is 0.265 e. The second-order valence-corrected chi connectivity index (χ2v) is 4.39. The molecule has 1 aromatic carbocycles. The highest BCUT2D eigenvalue weighted by Gasteiger charge is 2.05. The third kappa shape index (κ3) is 4.47. The van der Waals surface area contributed by atoms with Gasteiger partial charge in [-0.15, -0.1) is 0 Å². The summed E-state index contributed by atoms with van der Waals surface area (Å²) in [6.07, 6.45) is 2.44. The van der Waals surface area contributed by atoms with E-state index in [1.54, 1.807) is 0 Å². The van der Waals surface area contributed by atoms with Gasteiger partial charge in [0, 0.05) is 12.1 Å². The third-order valence-corrected chi connectivity index (χ3v) is 3.03. The Hall–Kier alpha value is -1.39. The fraction of sp³-hybridized carbons (Fsp3) is 0.500. The van der Waals surface area contributed by atoms with E-state index in [4.69, 9.17) is 5.84 Å². The smallest absolute Gasteiger partial charge is 0.265 e. The minimum Gasteiger partial charge on any atom is -0.299 e. The maximum atomic E-state index is 11.3. The molecule has 1 aromatic rings. The number of nitrogens with zero attached hydrogens (tertiary/aromatic N) is 1. The van der Waals surface area contributed by atoms with Crippen molar-refractivity contribution in [1.82, 2.24) is 10.3 Å². The van der Waals surface area contributed by atoms with Crippen LogP contribution in [0.25, 0.3) is 0 Å². The highest BCUT2D eigenvalue weighted by Crippen LogP contribution is 2.08. The number of hydrazine groups is 1. The number of benzene rings is 1. The zero-order chi connectivity index (χ0) is 13.4. The summed E-state index contributed by atoms with van der Waals surface area (Å²) < 4.78 is 0. The number of nitrogen functional groups attached to an aromatic ring is 1. The van der Waals surface area contributed by atoms with Crippen molar-refractivity contribution in [2.24, 2.45) is 5.84 Å². The average molecular weight is 249 g/mol. The predicted octanol–water partition coefficient (Wildman–Crippen LogP) is 1.91. The predicted molar refractivity (Wildman–Crippen MR) is 74.0 cm³/mol. The van der Waals surface area contributed by atoms with Crippen LogP contribution < -0.4 is 11.3 Å². The van der Waals surface area contributed by atoms with Gasteiger partial charge in [0.05, 0.1) is 0 Å². The Morgan fingerprint density at radius 2 is 1.94 bits per heavy atom. The Morgan fingerprint density at radius 3 is 2.44 bits per heavy atom. The van der Waals surface area contributed by atoms with Gasteiger partial charge < -0.3 is 0 Å². The van der Waals surface area contributed by atoms with E-state index < -0.39 is 0 Å². The molecule has 4 nitrogen and oxygen atoms in total. The molecule has 0 saturated heterocycles. The van der Waals surface area contributed by atoms with Gasteiger partial charge in [-0.05, 0) is 37.2 Å². The number of amides is 1. The molecule has 0 heterocycles. The summed E-state index contributed by atoms with van der Waals surface area (Å²) in [4.78, 5) is 13.7. The van der Waals surface area contributed by atoms with Crippen LogP contribution >= 0.6 is 0 Å². The number of nitrogens with two attached hydrogens (primary N) is 1. The lowest BCUT2D eigenvalue weighted by Gasteiger charge is -2.20. The molecule has 0 aliphatic rings. The van der Waals surface area contributed by atoms with Crippen molar-refractivity contribution in [2.75, 3.05) is 13.1 Å². The van der Waals surface area contributed by atoms with E-state index in [0.717, 1.165) is 19.6 Å². The Labute approximate surface area is 109 Å².